The first-order chi connectivity index (χ1) is 20.6. The third-order valence-corrected chi connectivity index (χ3v) is 7.85. The van der Waals surface area contributed by atoms with E-state index in [1.54, 1.807) is 11.0 Å². The summed E-state index contributed by atoms with van der Waals surface area (Å²) in [6.45, 7) is 5.96. The quantitative estimate of drug-likeness (QED) is 0.155. The molecule has 0 saturated heterocycles. The average molecular weight is 680 g/mol. The van der Waals surface area contributed by atoms with Crippen molar-refractivity contribution in [3.05, 3.63) is 94.0 Å². The average Bonchev–Trinajstić information content (AvgIpc) is 3.65. The smallest absolute Gasteiger partial charge is 0.387 e. The zero-order valence-electron chi connectivity index (χ0n) is 24.2. The van der Waals surface area contributed by atoms with Gasteiger partial charge >= 0.3 is 12.5 Å². The summed E-state index contributed by atoms with van der Waals surface area (Å²) in [5.41, 5.74) is 0.475. The second kappa shape index (κ2) is 15.5. The molecule has 2 unspecified atom stereocenters. The SMILES string of the molecule is CC(C)(C)C(O)(CCc1ccc(Cl)cc1)Cn1cncn1.FC(F)C(F)(F)OCC(Cn1cncn1)c1ccc(Cl)cc1Cl. The standard InChI is InChI=1S/C16H22ClN3O.C13H11Cl2F4N3O/c1-15(2,3)16(21,10-20-12-18-11-19-20)9-8-13-4-6-14(17)7-5-13;14-9-1-2-10(11(15)3-9)8(4-22-7-20-6-21-22)5-23-13(18,19)12(16)17/h4-7,11-12,21H,8-10H2,1-3H3;1-3,6-8,12H,4-5H2. The van der Waals surface area contributed by atoms with Gasteiger partial charge in [0, 0.05) is 21.0 Å². The third kappa shape index (κ3) is 10.4. The van der Waals surface area contributed by atoms with E-state index in [1.165, 1.54) is 47.4 Å². The van der Waals surface area contributed by atoms with Gasteiger partial charge in [0.05, 0.1) is 25.3 Å². The van der Waals surface area contributed by atoms with E-state index in [2.05, 4.69) is 24.9 Å². The Bertz CT molecular complexity index is 1420. The first-order valence-corrected chi connectivity index (χ1v) is 14.6. The number of alkyl halides is 4. The second-order valence-corrected chi connectivity index (χ2v) is 12.4. The molecular formula is C29H33Cl3F4N6O2. The van der Waals surface area contributed by atoms with Crippen molar-refractivity contribution in [1.29, 1.82) is 0 Å². The molecule has 2 atom stereocenters. The van der Waals surface area contributed by atoms with Crippen LogP contribution in [0.4, 0.5) is 17.6 Å². The van der Waals surface area contributed by atoms with E-state index in [9.17, 15) is 22.7 Å². The monoisotopic (exact) mass is 678 g/mol. The van der Waals surface area contributed by atoms with Crippen molar-refractivity contribution in [3.8, 4) is 0 Å². The summed E-state index contributed by atoms with van der Waals surface area (Å²) in [5, 5.41) is 20.4. The lowest BCUT2D eigenvalue weighted by atomic mass is 9.73. The lowest BCUT2D eigenvalue weighted by Gasteiger charge is -2.40. The Kier molecular flexibility index (Phi) is 12.6. The van der Waals surface area contributed by atoms with Crippen LogP contribution in [0.1, 0.15) is 44.2 Å². The fraction of sp³-hybridized carbons (Fsp3) is 0.448. The minimum atomic E-state index is -4.54. The van der Waals surface area contributed by atoms with Gasteiger partial charge in [0.2, 0.25) is 0 Å². The molecule has 44 heavy (non-hydrogen) atoms. The fourth-order valence-corrected chi connectivity index (χ4v) is 4.87. The van der Waals surface area contributed by atoms with Crippen molar-refractivity contribution in [3.63, 3.8) is 0 Å². The Morgan fingerprint density at radius 2 is 1.48 bits per heavy atom. The summed E-state index contributed by atoms with van der Waals surface area (Å²) in [6.07, 6.45) is -1.27. The maximum atomic E-state index is 13.0. The molecule has 2 aromatic carbocycles. The van der Waals surface area contributed by atoms with Gasteiger partial charge in [-0.1, -0.05) is 73.8 Å². The van der Waals surface area contributed by atoms with E-state index in [1.807, 2.05) is 45.0 Å². The maximum Gasteiger partial charge on any atom is 0.416 e. The summed E-state index contributed by atoms with van der Waals surface area (Å²) in [7, 11) is 0. The number of nitrogens with zero attached hydrogens (tertiary/aromatic N) is 6. The van der Waals surface area contributed by atoms with Gasteiger partial charge < -0.3 is 9.84 Å². The Morgan fingerprint density at radius 3 is 2.00 bits per heavy atom. The summed E-state index contributed by atoms with van der Waals surface area (Å²) in [6, 6.07) is 12.2. The number of hydrogen-bond donors (Lipinski definition) is 1. The van der Waals surface area contributed by atoms with E-state index in [4.69, 9.17) is 34.8 Å². The third-order valence-electron chi connectivity index (χ3n) is 7.03. The van der Waals surface area contributed by atoms with E-state index in [-0.39, 0.29) is 17.0 Å². The van der Waals surface area contributed by atoms with Crippen molar-refractivity contribution in [2.24, 2.45) is 5.41 Å². The van der Waals surface area contributed by atoms with Crippen LogP contribution in [0.25, 0.3) is 0 Å². The van der Waals surface area contributed by atoms with Crippen LogP contribution in [-0.4, -0.2) is 59.4 Å². The predicted octanol–water partition coefficient (Wildman–Crippen LogP) is 7.58. The highest BCUT2D eigenvalue weighted by molar-refractivity contribution is 6.35. The Hall–Kier alpha value is -2.77. The number of ether oxygens (including phenoxy) is 1. The molecule has 4 rings (SSSR count). The van der Waals surface area contributed by atoms with Crippen molar-refractivity contribution in [1.82, 2.24) is 29.5 Å². The molecule has 0 aliphatic rings. The Balaban J connectivity index is 0.000000241. The van der Waals surface area contributed by atoms with Crippen LogP contribution in [-0.2, 0) is 24.2 Å². The lowest BCUT2D eigenvalue weighted by molar-refractivity contribution is -0.302. The number of benzene rings is 2. The molecule has 15 heteroatoms. The Labute approximate surface area is 267 Å². The van der Waals surface area contributed by atoms with E-state index < -0.39 is 30.7 Å². The molecule has 0 radical (unpaired) electrons. The van der Waals surface area contributed by atoms with Gasteiger partial charge in [-0.3, -0.25) is 9.36 Å². The summed E-state index contributed by atoms with van der Waals surface area (Å²) >= 11 is 17.8. The lowest BCUT2D eigenvalue weighted by Crippen LogP contribution is -2.47. The Morgan fingerprint density at radius 1 is 0.886 bits per heavy atom. The normalized spacial score (nSPS) is 14.2. The van der Waals surface area contributed by atoms with Crippen LogP contribution in [0.3, 0.4) is 0 Å². The molecule has 2 aromatic heterocycles. The van der Waals surface area contributed by atoms with Crippen LogP contribution in [0.2, 0.25) is 15.1 Å². The van der Waals surface area contributed by atoms with Crippen LogP contribution < -0.4 is 0 Å². The van der Waals surface area contributed by atoms with Crippen molar-refractivity contribution >= 4 is 34.8 Å². The molecule has 240 valence electrons. The first kappa shape index (κ1) is 35.7. The minimum absolute atomic E-state index is 0.0701. The molecule has 8 nitrogen and oxygen atoms in total. The molecule has 0 aliphatic heterocycles. The molecule has 1 N–H and O–H groups in total. The zero-order chi connectivity index (χ0) is 32.5. The van der Waals surface area contributed by atoms with Crippen LogP contribution in [0, 0.1) is 5.41 Å². The predicted molar refractivity (Wildman–Crippen MR) is 160 cm³/mol. The van der Waals surface area contributed by atoms with Gasteiger partial charge in [-0.2, -0.15) is 19.0 Å². The first-order valence-electron chi connectivity index (χ1n) is 13.5. The summed E-state index contributed by atoms with van der Waals surface area (Å²) in [4.78, 5) is 7.67. The number of aryl methyl sites for hydroxylation is 1. The van der Waals surface area contributed by atoms with Gasteiger partial charge in [0.25, 0.3) is 0 Å². The van der Waals surface area contributed by atoms with Crippen molar-refractivity contribution in [2.45, 2.75) is 70.8 Å². The van der Waals surface area contributed by atoms with E-state index in [0.29, 0.717) is 23.6 Å². The van der Waals surface area contributed by atoms with E-state index in [0.717, 1.165) is 11.4 Å². The van der Waals surface area contributed by atoms with Crippen LogP contribution >= 0.6 is 34.8 Å². The van der Waals surface area contributed by atoms with Crippen LogP contribution in [0.15, 0.2) is 67.8 Å². The molecule has 4 aromatic rings. The molecule has 0 bridgehead atoms. The molecule has 0 saturated carbocycles. The molecule has 2 heterocycles. The maximum absolute atomic E-state index is 13.0. The number of halogens is 7. The zero-order valence-corrected chi connectivity index (χ0v) is 26.5. The molecular weight excluding hydrogens is 647 g/mol. The second-order valence-electron chi connectivity index (χ2n) is 11.2. The van der Waals surface area contributed by atoms with Crippen molar-refractivity contribution in [2.75, 3.05) is 6.61 Å². The topological polar surface area (TPSA) is 90.9 Å². The van der Waals surface area contributed by atoms with Gasteiger partial charge in [-0.15, -0.1) is 0 Å². The number of hydrogen-bond acceptors (Lipinski definition) is 6. The molecule has 0 aliphatic carbocycles. The largest absolute Gasteiger partial charge is 0.416 e. The highest BCUT2D eigenvalue weighted by atomic mass is 35.5. The number of aromatic nitrogens is 6. The van der Waals surface area contributed by atoms with Gasteiger partial charge in [-0.05, 0) is 53.6 Å². The minimum Gasteiger partial charge on any atom is -0.387 e. The van der Waals surface area contributed by atoms with Gasteiger partial charge in [0.1, 0.15) is 25.3 Å². The summed E-state index contributed by atoms with van der Waals surface area (Å²) in [5.74, 6) is -0.744. The van der Waals surface area contributed by atoms with E-state index >= 15 is 0 Å². The highest BCUT2D eigenvalue weighted by Crippen LogP contribution is 2.36. The highest BCUT2D eigenvalue weighted by Gasteiger charge is 2.43. The molecule has 0 amide bonds. The van der Waals surface area contributed by atoms with Crippen LogP contribution in [0.5, 0.6) is 0 Å². The van der Waals surface area contributed by atoms with Crippen molar-refractivity contribution < 1.29 is 27.4 Å². The number of rotatable bonds is 12. The number of aliphatic hydroxyl groups is 1. The fourth-order valence-electron chi connectivity index (χ4n) is 4.18. The van der Waals surface area contributed by atoms with Gasteiger partial charge in [0.15, 0.2) is 0 Å². The molecule has 0 spiro atoms. The molecule has 0 fully saturated rings. The van der Waals surface area contributed by atoms with Gasteiger partial charge in [-0.25, -0.2) is 18.7 Å². The summed E-state index contributed by atoms with van der Waals surface area (Å²) < 4.78 is 57.6.